The first kappa shape index (κ1) is 16.7. The second kappa shape index (κ2) is 6.77. The highest BCUT2D eigenvalue weighted by atomic mass is 16.2. The monoisotopic (exact) mass is 322 g/mol. The second-order valence-electron chi connectivity index (χ2n) is 7.82. The highest BCUT2D eigenvalue weighted by molar-refractivity contribution is 6.07. The molecule has 3 saturated heterocycles. The number of urea groups is 1. The fourth-order valence-corrected chi connectivity index (χ4v) is 4.14. The van der Waals surface area contributed by atoms with Crippen LogP contribution in [0.5, 0.6) is 0 Å². The second-order valence-corrected chi connectivity index (χ2v) is 7.82. The molecule has 130 valence electrons. The summed E-state index contributed by atoms with van der Waals surface area (Å²) in [5.41, 5.74) is -0.628. The molecule has 0 unspecified atom stereocenters. The largest absolute Gasteiger partial charge is 0.325 e. The summed E-state index contributed by atoms with van der Waals surface area (Å²) in [6.07, 6.45) is 3.58. The van der Waals surface area contributed by atoms with Crippen molar-refractivity contribution >= 4 is 11.9 Å². The van der Waals surface area contributed by atoms with Crippen molar-refractivity contribution in [1.29, 1.82) is 0 Å². The minimum Gasteiger partial charge on any atom is -0.323 e. The summed E-state index contributed by atoms with van der Waals surface area (Å²) in [7, 11) is 0. The van der Waals surface area contributed by atoms with Crippen molar-refractivity contribution in [2.75, 3.05) is 39.3 Å². The van der Waals surface area contributed by atoms with E-state index in [0.29, 0.717) is 18.4 Å². The highest BCUT2D eigenvalue weighted by Gasteiger charge is 2.52. The Morgan fingerprint density at radius 1 is 1.17 bits per heavy atom. The number of piperidine rings is 2. The third-order valence-corrected chi connectivity index (χ3v) is 5.48. The Labute approximate surface area is 139 Å². The molecule has 2 N–H and O–H groups in total. The Morgan fingerprint density at radius 3 is 2.43 bits per heavy atom. The Kier molecular flexibility index (Phi) is 4.92. The normalized spacial score (nSPS) is 26.3. The van der Waals surface area contributed by atoms with Crippen molar-refractivity contribution in [1.82, 2.24) is 20.4 Å². The quantitative estimate of drug-likeness (QED) is 0.759. The molecule has 0 radical (unpaired) electrons. The van der Waals surface area contributed by atoms with Crippen molar-refractivity contribution in [3.8, 4) is 0 Å². The molecule has 6 heteroatoms. The van der Waals surface area contributed by atoms with E-state index in [4.69, 9.17) is 0 Å². The van der Waals surface area contributed by atoms with Crippen LogP contribution in [0, 0.1) is 11.8 Å². The van der Waals surface area contributed by atoms with E-state index in [0.717, 1.165) is 58.4 Å². The zero-order chi connectivity index (χ0) is 16.4. The third kappa shape index (κ3) is 3.53. The predicted octanol–water partition coefficient (Wildman–Crippen LogP) is 1.03. The molecule has 1 spiro atoms. The maximum atomic E-state index is 12.9. The Balaban J connectivity index is 1.60. The summed E-state index contributed by atoms with van der Waals surface area (Å²) in [4.78, 5) is 29.2. The lowest BCUT2D eigenvalue weighted by Crippen LogP contribution is -2.55. The molecule has 3 rings (SSSR count). The van der Waals surface area contributed by atoms with Crippen LogP contribution in [-0.2, 0) is 4.79 Å². The Hall–Kier alpha value is -1.14. The molecule has 0 aromatic carbocycles. The zero-order valence-corrected chi connectivity index (χ0v) is 14.4. The molecule has 0 atom stereocenters. The summed E-state index contributed by atoms with van der Waals surface area (Å²) in [6, 6.07) is -0.175. The summed E-state index contributed by atoms with van der Waals surface area (Å²) in [5, 5.41) is 6.36. The first-order chi connectivity index (χ1) is 11.0. The van der Waals surface area contributed by atoms with Gasteiger partial charge in [0.15, 0.2) is 0 Å². The molecule has 3 fully saturated rings. The molecule has 6 nitrogen and oxygen atoms in total. The van der Waals surface area contributed by atoms with Gasteiger partial charge < -0.3 is 15.5 Å². The molecule has 3 heterocycles. The Bertz CT molecular complexity index is 452. The molecule has 3 aliphatic heterocycles. The molecular formula is C17H30N4O2. The molecule has 0 aliphatic carbocycles. The maximum absolute atomic E-state index is 12.9. The van der Waals surface area contributed by atoms with E-state index in [-0.39, 0.29) is 11.9 Å². The van der Waals surface area contributed by atoms with Gasteiger partial charge in [0.2, 0.25) is 0 Å². The van der Waals surface area contributed by atoms with E-state index >= 15 is 0 Å². The van der Waals surface area contributed by atoms with Crippen molar-refractivity contribution in [3.63, 3.8) is 0 Å². The first-order valence-electron chi connectivity index (χ1n) is 9.07. The Morgan fingerprint density at radius 2 is 1.83 bits per heavy atom. The summed E-state index contributed by atoms with van der Waals surface area (Å²) >= 11 is 0. The minimum atomic E-state index is -0.628. The third-order valence-electron chi connectivity index (χ3n) is 5.48. The first-order valence-corrected chi connectivity index (χ1v) is 9.07. The fourth-order valence-electron chi connectivity index (χ4n) is 4.14. The predicted molar refractivity (Wildman–Crippen MR) is 89.1 cm³/mol. The van der Waals surface area contributed by atoms with Crippen LogP contribution in [0.15, 0.2) is 0 Å². The van der Waals surface area contributed by atoms with E-state index in [1.807, 2.05) is 0 Å². The lowest BCUT2D eigenvalue weighted by molar-refractivity contribution is -0.133. The van der Waals surface area contributed by atoms with Gasteiger partial charge in [-0.05, 0) is 50.6 Å². The number of carbonyl (C=O) groups is 2. The van der Waals surface area contributed by atoms with Crippen molar-refractivity contribution < 1.29 is 9.59 Å². The van der Waals surface area contributed by atoms with E-state index < -0.39 is 5.54 Å². The van der Waals surface area contributed by atoms with Crippen LogP contribution >= 0.6 is 0 Å². The number of carbonyl (C=O) groups excluding carboxylic acids is 2. The summed E-state index contributed by atoms with van der Waals surface area (Å²) in [5.74, 6) is 1.10. The molecule has 0 aromatic heterocycles. The number of nitrogens with zero attached hydrogens (tertiary/aromatic N) is 2. The molecule has 0 saturated carbocycles. The number of hydrogen-bond donors (Lipinski definition) is 2. The molecule has 3 amide bonds. The minimum absolute atomic E-state index is 0.0187. The van der Waals surface area contributed by atoms with E-state index in [1.54, 1.807) is 0 Å². The number of imide groups is 1. The number of nitrogens with one attached hydrogen (secondary N) is 2. The van der Waals surface area contributed by atoms with Gasteiger partial charge in [-0.2, -0.15) is 0 Å². The van der Waals surface area contributed by atoms with Crippen LogP contribution in [0.3, 0.4) is 0 Å². The topological polar surface area (TPSA) is 64.7 Å². The molecule has 3 aliphatic rings. The molecule has 0 bridgehead atoms. The van der Waals surface area contributed by atoms with E-state index in [9.17, 15) is 9.59 Å². The van der Waals surface area contributed by atoms with Gasteiger partial charge in [0.05, 0.1) is 0 Å². The fraction of sp³-hybridized carbons (Fsp3) is 0.882. The van der Waals surface area contributed by atoms with Crippen LogP contribution < -0.4 is 10.6 Å². The maximum Gasteiger partial charge on any atom is 0.325 e. The SMILES string of the molecule is CC(C)CN1CCC2(CC1)NC(=O)N(CC1CCNCC1)C2=O. The molecular weight excluding hydrogens is 292 g/mol. The van der Waals surface area contributed by atoms with Crippen molar-refractivity contribution in [2.24, 2.45) is 11.8 Å². The van der Waals surface area contributed by atoms with E-state index in [1.165, 1.54) is 4.90 Å². The highest BCUT2D eigenvalue weighted by Crippen LogP contribution is 2.31. The van der Waals surface area contributed by atoms with Gasteiger partial charge in [-0.3, -0.25) is 9.69 Å². The van der Waals surface area contributed by atoms with Crippen LogP contribution in [0.2, 0.25) is 0 Å². The van der Waals surface area contributed by atoms with Crippen LogP contribution in [0.1, 0.15) is 39.5 Å². The number of amides is 3. The van der Waals surface area contributed by atoms with Gasteiger partial charge in [-0.25, -0.2) is 4.79 Å². The zero-order valence-electron chi connectivity index (χ0n) is 14.4. The lowest BCUT2D eigenvalue weighted by atomic mass is 9.87. The molecule has 23 heavy (non-hydrogen) atoms. The van der Waals surface area contributed by atoms with Gasteiger partial charge in [-0.1, -0.05) is 13.8 Å². The summed E-state index contributed by atoms with van der Waals surface area (Å²) < 4.78 is 0. The number of likely N-dealkylation sites (tertiary alicyclic amines) is 1. The van der Waals surface area contributed by atoms with Gasteiger partial charge in [0.25, 0.3) is 5.91 Å². The van der Waals surface area contributed by atoms with E-state index in [2.05, 4.69) is 29.4 Å². The van der Waals surface area contributed by atoms with Crippen LogP contribution in [0.25, 0.3) is 0 Å². The number of rotatable bonds is 4. The smallest absolute Gasteiger partial charge is 0.323 e. The van der Waals surface area contributed by atoms with Gasteiger partial charge >= 0.3 is 6.03 Å². The van der Waals surface area contributed by atoms with Gasteiger partial charge in [0, 0.05) is 26.2 Å². The van der Waals surface area contributed by atoms with Crippen molar-refractivity contribution in [2.45, 2.75) is 45.1 Å². The number of hydrogen-bond acceptors (Lipinski definition) is 4. The lowest BCUT2D eigenvalue weighted by Gasteiger charge is -2.38. The van der Waals surface area contributed by atoms with Crippen LogP contribution in [-0.4, -0.2) is 66.5 Å². The van der Waals surface area contributed by atoms with Gasteiger partial charge in [-0.15, -0.1) is 0 Å². The van der Waals surface area contributed by atoms with Crippen LogP contribution in [0.4, 0.5) is 4.79 Å². The summed E-state index contributed by atoms with van der Waals surface area (Å²) in [6.45, 7) is 9.85. The molecule has 0 aromatic rings. The standard InChI is InChI=1S/C17H30N4O2/c1-13(2)11-20-9-5-17(6-10-20)15(22)21(16(23)19-17)12-14-3-7-18-8-4-14/h13-14,18H,3-12H2,1-2H3,(H,19,23). The van der Waals surface area contributed by atoms with Gasteiger partial charge in [0.1, 0.15) is 5.54 Å². The van der Waals surface area contributed by atoms with Crippen molar-refractivity contribution in [3.05, 3.63) is 0 Å². The average Bonchev–Trinajstić information content (AvgIpc) is 2.75. The average molecular weight is 322 g/mol.